The van der Waals surface area contributed by atoms with Crippen LogP contribution in [0.15, 0.2) is 53.6 Å². The molecule has 7 nitrogen and oxygen atoms in total. The minimum absolute atomic E-state index is 0.0523. The van der Waals surface area contributed by atoms with Gasteiger partial charge in [0.25, 0.3) is 11.6 Å². The Bertz CT molecular complexity index is 818. The van der Waals surface area contributed by atoms with E-state index in [2.05, 4.69) is 5.10 Å². The molecule has 0 fully saturated rings. The quantitative estimate of drug-likeness (QED) is 0.639. The average Bonchev–Trinajstić information content (AvgIpc) is 3.11. The van der Waals surface area contributed by atoms with Gasteiger partial charge in [-0.3, -0.25) is 14.9 Å². The smallest absolute Gasteiger partial charge is 0.278 e. The van der Waals surface area contributed by atoms with Crippen LogP contribution in [-0.2, 0) is 0 Å². The van der Waals surface area contributed by atoms with Gasteiger partial charge in [-0.15, -0.1) is 0 Å². The predicted octanol–water partition coefficient (Wildman–Crippen LogP) is 2.85. The molecule has 3 rings (SSSR count). The summed E-state index contributed by atoms with van der Waals surface area (Å²) in [5, 5.41) is 16.9. The maximum absolute atomic E-state index is 12.4. The van der Waals surface area contributed by atoms with Gasteiger partial charge in [0.1, 0.15) is 5.75 Å². The largest absolute Gasteiger partial charge is 0.497 e. The zero-order chi connectivity index (χ0) is 17.1. The van der Waals surface area contributed by atoms with E-state index in [4.69, 9.17) is 4.74 Å². The first-order valence-corrected chi connectivity index (χ1v) is 7.37. The van der Waals surface area contributed by atoms with Crippen LogP contribution < -0.4 is 4.74 Å². The number of carbonyl (C=O) groups is 1. The van der Waals surface area contributed by atoms with Crippen LogP contribution in [0.5, 0.6) is 5.75 Å². The lowest BCUT2D eigenvalue weighted by Gasteiger charge is -2.10. The van der Waals surface area contributed by atoms with E-state index >= 15 is 0 Å². The highest BCUT2D eigenvalue weighted by Crippen LogP contribution is 2.28. The summed E-state index contributed by atoms with van der Waals surface area (Å²) >= 11 is 0. The van der Waals surface area contributed by atoms with E-state index in [9.17, 15) is 14.9 Å². The molecule has 1 heterocycles. The van der Waals surface area contributed by atoms with Crippen molar-refractivity contribution in [3.8, 4) is 5.75 Å². The summed E-state index contributed by atoms with van der Waals surface area (Å²) in [6, 6.07) is 13.3. The van der Waals surface area contributed by atoms with Crippen molar-refractivity contribution in [3.05, 3.63) is 69.8 Å². The normalized spacial score (nSPS) is 13.5. The van der Waals surface area contributed by atoms with Crippen molar-refractivity contribution in [1.29, 1.82) is 0 Å². The molecule has 1 aliphatic rings. The molecule has 7 heteroatoms. The van der Waals surface area contributed by atoms with Crippen LogP contribution >= 0.6 is 0 Å². The molecule has 0 radical (unpaired) electrons. The molecule has 0 saturated heterocycles. The summed E-state index contributed by atoms with van der Waals surface area (Å²) in [4.78, 5) is 23.2. The first-order chi connectivity index (χ1) is 11.6. The minimum atomic E-state index is -0.459. The van der Waals surface area contributed by atoms with E-state index in [1.165, 1.54) is 24.3 Å². The van der Waals surface area contributed by atoms with Gasteiger partial charge in [-0.05, 0) is 24.3 Å². The molecule has 0 spiro atoms. The molecule has 0 unspecified atom stereocenters. The van der Waals surface area contributed by atoms with Gasteiger partial charge < -0.3 is 4.74 Å². The molecule has 0 aromatic heterocycles. The third-order valence-corrected chi connectivity index (χ3v) is 3.77. The summed E-state index contributed by atoms with van der Waals surface area (Å²) in [5.74, 6) is 0.280. The number of rotatable bonds is 4. The van der Waals surface area contributed by atoms with Gasteiger partial charge in [-0.1, -0.05) is 18.2 Å². The number of nitrogens with zero attached hydrogens (tertiary/aromatic N) is 3. The number of methoxy groups -OCH3 is 1. The van der Waals surface area contributed by atoms with Crippen LogP contribution in [0.25, 0.3) is 0 Å². The molecular weight excluding hydrogens is 310 g/mol. The summed E-state index contributed by atoms with van der Waals surface area (Å²) in [5.41, 5.74) is 1.36. The first kappa shape index (κ1) is 15.7. The maximum Gasteiger partial charge on any atom is 0.278 e. The molecule has 0 N–H and O–H groups in total. The number of hydrazone groups is 1. The van der Waals surface area contributed by atoms with E-state index in [0.29, 0.717) is 35.6 Å². The van der Waals surface area contributed by atoms with Gasteiger partial charge >= 0.3 is 0 Å². The third-order valence-electron chi connectivity index (χ3n) is 3.77. The zero-order valence-corrected chi connectivity index (χ0v) is 13.0. The van der Waals surface area contributed by atoms with E-state index in [1.54, 1.807) is 30.3 Å². The lowest BCUT2D eigenvalue weighted by molar-refractivity contribution is -0.385. The lowest BCUT2D eigenvalue weighted by Crippen LogP contribution is -2.23. The molecule has 0 bridgehead atoms. The Morgan fingerprint density at radius 3 is 2.67 bits per heavy atom. The van der Waals surface area contributed by atoms with Gasteiger partial charge in [0.05, 0.1) is 29.9 Å². The summed E-state index contributed by atoms with van der Waals surface area (Å²) in [6.07, 6.45) is 0.451. The Hall–Kier alpha value is -3.22. The highest BCUT2D eigenvalue weighted by atomic mass is 16.6. The Morgan fingerprint density at radius 2 is 2.00 bits per heavy atom. The van der Waals surface area contributed by atoms with Crippen LogP contribution in [0.1, 0.15) is 22.3 Å². The second-order valence-corrected chi connectivity index (χ2v) is 5.23. The number of carbonyl (C=O) groups excluding carboxylic acids is 1. The number of benzene rings is 2. The van der Waals surface area contributed by atoms with E-state index in [0.717, 1.165) is 0 Å². The Morgan fingerprint density at radius 1 is 1.25 bits per heavy atom. The van der Waals surface area contributed by atoms with Crippen LogP contribution in [0.2, 0.25) is 0 Å². The van der Waals surface area contributed by atoms with Gasteiger partial charge in [0.15, 0.2) is 0 Å². The minimum Gasteiger partial charge on any atom is -0.497 e. The first-order valence-electron chi connectivity index (χ1n) is 7.37. The molecular formula is C17H15N3O4. The molecule has 2 aromatic rings. The Balaban J connectivity index is 1.94. The fraction of sp³-hybridized carbons (Fsp3) is 0.176. The van der Waals surface area contributed by atoms with E-state index < -0.39 is 4.92 Å². The number of nitro groups is 1. The number of hydrogen-bond acceptors (Lipinski definition) is 5. The molecule has 0 aliphatic carbocycles. The Labute approximate surface area is 138 Å². The van der Waals surface area contributed by atoms with Crippen molar-refractivity contribution < 1.29 is 14.5 Å². The van der Waals surface area contributed by atoms with Gasteiger partial charge in [-0.2, -0.15) is 5.10 Å². The molecule has 2 aromatic carbocycles. The van der Waals surface area contributed by atoms with Crippen molar-refractivity contribution in [3.63, 3.8) is 0 Å². The lowest BCUT2D eigenvalue weighted by atomic mass is 10.1. The van der Waals surface area contributed by atoms with Crippen LogP contribution in [-0.4, -0.2) is 35.2 Å². The number of amides is 1. The molecule has 122 valence electrons. The maximum atomic E-state index is 12.4. The summed E-state index contributed by atoms with van der Waals surface area (Å²) in [6.45, 7) is 0.386. The predicted molar refractivity (Wildman–Crippen MR) is 88.3 cm³/mol. The number of ether oxygens (including phenoxy) is 1. The monoisotopic (exact) mass is 325 g/mol. The van der Waals surface area contributed by atoms with Crippen LogP contribution in [0, 0.1) is 10.1 Å². The molecule has 0 saturated carbocycles. The van der Waals surface area contributed by atoms with Gasteiger partial charge in [0.2, 0.25) is 0 Å². The summed E-state index contributed by atoms with van der Waals surface area (Å²) in [7, 11) is 1.49. The molecule has 0 atom stereocenters. The third kappa shape index (κ3) is 2.96. The second kappa shape index (κ2) is 6.49. The fourth-order valence-corrected chi connectivity index (χ4v) is 2.56. The Kier molecular flexibility index (Phi) is 4.24. The van der Waals surface area contributed by atoms with Gasteiger partial charge in [-0.25, -0.2) is 5.01 Å². The van der Waals surface area contributed by atoms with E-state index in [1.807, 2.05) is 6.07 Å². The van der Waals surface area contributed by atoms with Crippen molar-refractivity contribution in [2.24, 2.45) is 5.10 Å². The van der Waals surface area contributed by atoms with Gasteiger partial charge in [0, 0.05) is 18.1 Å². The van der Waals surface area contributed by atoms with E-state index in [-0.39, 0.29) is 11.6 Å². The number of hydrogen-bond donors (Lipinski definition) is 0. The van der Waals surface area contributed by atoms with Crippen molar-refractivity contribution in [2.75, 3.05) is 13.7 Å². The molecule has 1 amide bonds. The van der Waals surface area contributed by atoms with Crippen LogP contribution in [0.3, 0.4) is 0 Å². The number of nitro benzene ring substituents is 1. The SMILES string of the molecule is COc1ccc([N+](=O)[O-])c(C2=NN(C(=O)c3ccccc3)CC2)c1. The fourth-order valence-electron chi connectivity index (χ4n) is 2.56. The molecule has 1 aliphatic heterocycles. The highest BCUT2D eigenvalue weighted by Gasteiger charge is 2.27. The van der Waals surface area contributed by atoms with Crippen LogP contribution in [0.4, 0.5) is 5.69 Å². The van der Waals surface area contributed by atoms with Crippen molar-refractivity contribution in [1.82, 2.24) is 5.01 Å². The van der Waals surface area contributed by atoms with Crippen molar-refractivity contribution in [2.45, 2.75) is 6.42 Å². The molecule has 24 heavy (non-hydrogen) atoms. The van der Waals surface area contributed by atoms with Crippen molar-refractivity contribution >= 4 is 17.3 Å². The summed E-state index contributed by atoms with van der Waals surface area (Å²) < 4.78 is 5.13. The second-order valence-electron chi connectivity index (χ2n) is 5.23. The highest BCUT2D eigenvalue weighted by molar-refractivity contribution is 6.07. The topological polar surface area (TPSA) is 85.0 Å². The standard InChI is InChI=1S/C17H15N3O4/c1-24-13-7-8-16(20(22)23)14(11-13)15-9-10-19(18-15)17(21)12-5-3-2-4-6-12/h2-8,11H,9-10H2,1H3. The zero-order valence-electron chi connectivity index (χ0n) is 13.0. The average molecular weight is 325 g/mol.